The summed E-state index contributed by atoms with van der Waals surface area (Å²) in [5.41, 5.74) is 2.37. The number of anilines is 1. The van der Waals surface area contributed by atoms with Gasteiger partial charge in [-0.15, -0.1) is 0 Å². The molecular formula is C15H13BrFNO. The Labute approximate surface area is 119 Å². The molecule has 2 aromatic carbocycles. The molecule has 0 spiro atoms. The molecule has 0 saturated carbocycles. The first-order valence-electron chi connectivity index (χ1n) is 5.81. The lowest BCUT2D eigenvalue weighted by molar-refractivity contribution is 0.102. The zero-order chi connectivity index (χ0) is 14.0. The summed E-state index contributed by atoms with van der Waals surface area (Å²) >= 11 is 3.33. The van der Waals surface area contributed by atoms with Crippen LogP contribution in [0, 0.1) is 19.7 Å². The number of amides is 1. The summed E-state index contributed by atoms with van der Waals surface area (Å²) in [6.45, 7) is 3.65. The van der Waals surface area contributed by atoms with E-state index in [0.717, 1.165) is 5.56 Å². The van der Waals surface area contributed by atoms with Gasteiger partial charge in [0.2, 0.25) is 0 Å². The van der Waals surface area contributed by atoms with Crippen molar-refractivity contribution in [3.63, 3.8) is 0 Å². The highest BCUT2D eigenvalue weighted by atomic mass is 79.9. The summed E-state index contributed by atoms with van der Waals surface area (Å²) in [4.78, 5) is 12.2. The minimum atomic E-state index is -0.433. The summed E-state index contributed by atoms with van der Waals surface area (Å²) in [5.74, 6) is -0.763. The molecule has 0 atom stereocenters. The van der Waals surface area contributed by atoms with Crippen LogP contribution in [0.2, 0.25) is 0 Å². The number of carbonyl (C=O) groups excluding carboxylic acids is 1. The van der Waals surface area contributed by atoms with Gasteiger partial charge in [-0.05, 0) is 53.5 Å². The van der Waals surface area contributed by atoms with Gasteiger partial charge in [-0.2, -0.15) is 0 Å². The van der Waals surface area contributed by atoms with Crippen molar-refractivity contribution in [2.75, 3.05) is 5.32 Å². The molecule has 2 aromatic rings. The molecule has 0 fully saturated rings. The van der Waals surface area contributed by atoms with Crippen LogP contribution in [0.4, 0.5) is 10.1 Å². The van der Waals surface area contributed by atoms with Crippen LogP contribution in [0.15, 0.2) is 40.9 Å². The van der Waals surface area contributed by atoms with Crippen LogP contribution in [-0.2, 0) is 0 Å². The number of hydrogen-bond acceptors (Lipinski definition) is 1. The molecule has 0 heterocycles. The Bertz CT molecular complexity index is 620. The van der Waals surface area contributed by atoms with Crippen molar-refractivity contribution in [3.8, 4) is 0 Å². The van der Waals surface area contributed by atoms with Crippen molar-refractivity contribution in [3.05, 3.63) is 63.4 Å². The number of nitrogens with one attached hydrogen (secondary N) is 1. The first-order valence-corrected chi connectivity index (χ1v) is 6.61. The third-order valence-electron chi connectivity index (χ3n) is 2.83. The van der Waals surface area contributed by atoms with Gasteiger partial charge in [-0.1, -0.05) is 23.8 Å². The van der Waals surface area contributed by atoms with Crippen molar-refractivity contribution in [2.24, 2.45) is 0 Å². The second-order valence-electron chi connectivity index (χ2n) is 4.37. The average molecular weight is 322 g/mol. The van der Waals surface area contributed by atoms with Crippen LogP contribution in [0.3, 0.4) is 0 Å². The van der Waals surface area contributed by atoms with Gasteiger partial charge < -0.3 is 5.32 Å². The number of rotatable bonds is 2. The van der Waals surface area contributed by atoms with Gasteiger partial charge in [-0.3, -0.25) is 4.79 Å². The number of carbonyl (C=O) groups is 1. The van der Waals surface area contributed by atoms with E-state index >= 15 is 0 Å². The molecule has 0 unspecified atom stereocenters. The maximum Gasteiger partial charge on any atom is 0.256 e. The summed E-state index contributed by atoms with van der Waals surface area (Å²) in [6, 6.07) is 10.2. The van der Waals surface area contributed by atoms with E-state index in [1.165, 1.54) is 6.07 Å². The van der Waals surface area contributed by atoms with E-state index in [-0.39, 0.29) is 11.6 Å². The molecule has 19 heavy (non-hydrogen) atoms. The highest BCUT2D eigenvalue weighted by Gasteiger charge is 2.13. The quantitative estimate of drug-likeness (QED) is 0.869. The van der Waals surface area contributed by atoms with E-state index in [9.17, 15) is 9.18 Å². The second-order valence-corrected chi connectivity index (χ2v) is 5.22. The van der Waals surface area contributed by atoms with Crippen molar-refractivity contribution in [2.45, 2.75) is 13.8 Å². The van der Waals surface area contributed by atoms with E-state index in [2.05, 4.69) is 21.2 Å². The van der Waals surface area contributed by atoms with E-state index in [4.69, 9.17) is 0 Å². The number of halogens is 2. The molecule has 2 nitrogen and oxygen atoms in total. The number of benzene rings is 2. The van der Waals surface area contributed by atoms with Crippen molar-refractivity contribution >= 4 is 27.5 Å². The summed E-state index contributed by atoms with van der Waals surface area (Å²) in [6.07, 6.45) is 0. The maximum atomic E-state index is 13.7. The Morgan fingerprint density at radius 1 is 1.21 bits per heavy atom. The molecule has 0 aliphatic heterocycles. The van der Waals surface area contributed by atoms with Gasteiger partial charge in [0, 0.05) is 4.47 Å². The first kappa shape index (κ1) is 13.7. The van der Waals surface area contributed by atoms with E-state index < -0.39 is 5.82 Å². The molecule has 0 bridgehead atoms. The molecule has 1 amide bonds. The van der Waals surface area contributed by atoms with Crippen molar-refractivity contribution < 1.29 is 9.18 Å². The lowest BCUT2D eigenvalue weighted by Gasteiger charge is -2.10. The zero-order valence-electron chi connectivity index (χ0n) is 10.6. The predicted octanol–water partition coefficient (Wildman–Crippen LogP) is 4.46. The first-order chi connectivity index (χ1) is 8.99. The Morgan fingerprint density at radius 3 is 2.63 bits per heavy atom. The van der Waals surface area contributed by atoms with Gasteiger partial charge >= 0.3 is 0 Å². The van der Waals surface area contributed by atoms with E-state index in [1.807, 2.05) is 13.0 Å². The third-order valence-corrected chi connectivity index (χ3v) is 3.52. The largest absolute Gasteiger partial charge is 0.319 e. The highest BCUT2D eigenvalue weighted by molar-refractivity contribution is 9.10. The van der Waals surface area contributed by atoms with Crippen LogP contribution < -0.4 is 5.32 Å². The van der Waals surface area contributed by atoms with Gasteiger partial charge in [0.15, 0.2) is 0 Å². The molecule has 2 rings (SSSR count). The fourth-order valence-electron chi connectivity index (χ4n) is 1.78. The molecular weight excluding hydrogens is 309 g/mol. The fraction of sp³-hybridized carbons (Fsp3) is 0.133. The maximum absolute atomic E-state index is 13.7. The molecule has 4 heteroatoms. The molecule has 1 N–H and O–H groups in total. The topological polar surface area (TPSA) is 29.1 Å². The Balaban J connectivity index is 2.34. The second kappa shape index (κ2) is 5.53. The third kappa shape index (κ3) is 3.01. The average Bonchev–Trinajstić information content (AvgIpc) is 2.37. The van der Waals surface area contributed by atoms with Crippen LogP contribution in [-0.4, -0.2) is 5.91 Å². The number of para-hydroxylation sites is 1. The molecule has 0 aliphatic rings. The summed E-state index contributed by atoms with van der Waals surface area (Å²) in [7, 11) is 0. The molecule has 0 aliphatic carbocycles. The van der Waals surface area contributed by atoms with Crippen molar-refractivity contribution in [1.29, 1.82) is 0 Å². The smallest absolute Gasteiger partial charge is 0.256 e. The van der Waals surface area contributed by atoms with E-state index in [0.29, 0.717) is 15.6 Å². The molecule has 98 valence electrons. The molecule has 0 radical (unpaired) electrons. The lowest BCUT2D eigenvalue weighted by atomic mass is 10.1. The van der Waals surface area contributed by atoms with Gasteiger partial charge in [-0.25, -0.2) is 4.39 Å². The Hall–Kier alpha value is -1.68. The SMILES string of the molecule is Cc1ccc(Br)c(C(=O)Nc2c(C)cccc2F)c1. The van der Waals surface area contributed by atoms with Crippen LogP contribution in [0.25, 0.3) is 0 Å². The predicted molar refractivity (Wildman–Crippen MR) is 78.0 cm³/mol. The number of aryl methyl sites for hydroxylation is 2. The standard InChI is InChI=1S/C15H13BrFNO/c1-9-6-7-12(16)11(8-9)15(19)18-14-10(2)4-3-5-13(14)17/h3-8H,1-2H3,(H,18,19). The van der Waals surface area contributed by atoms with Gasteiger partial charge in [0.25, 0.3) is 5.91 Å². The van der Waals surface area contributed by atoms with Crippen LogP contribution in [0.1, 0.15) is 21.5 Å². The minimum absolute atomic E-state index is 0.223. The van der Waals surface area contributed by atoms with Gasteiger partial charge in [0.05, 0.1) is 11.3 Å². The zero-order valence-corrected chi connectivity index (χ0v) is 12.2. The number of hydrogen-bond donors (Lipinski definition) is 1. The van der Waals surface area contributed by atoms with Gasteiger partial charge in [0.1, 0.15) is 5.82 Å². The minimum Gasteiger partial charge on any atom is -0.319 e. The Morgan fingerprint density at radius 2 is 1.95 bits per heavy atom. The summed E-state index contributed by atoms with van der Waals surface area (Å²) in [5, 5.41) is 2.62. The van der Waals surface area contributed by atoms with Crippen LogP contribution in [0.5, 0.6) is 0 Å². The molecule has 0 aromatic heterocycles. The van der Waals surface area contributed by atoms with E-state index in [1.54, 1.807) is 31.2 Å². The molecule has 0 saturated heterocycles. The lowest BCUT2D eigenvalue weighted by Crippen LogP contribution is -2.14. The fourth-order valence-corrected chi connectivity index (χ4v) is 2.21. The normalized spacial score (nSPS) is 10.3. The Kier molecular flexibility index (Phi) is 4.00. The monoisotopic (exact) mass is 321 g/mol. The summed E-state index contributed by atoms with van der Waals surface area (Å²) < 4.78 is 14.4. The highest BCUT2D eigenvalue weighted by Crippen LogP contribution is 2.23. The van der Waals surface area contributed by atoms with Crippen molar-refractivity contribution in [1.82, 2.24) is 0 Å². The van der Waals surface area contributed by atoms with Crippen LogP contribution >= 0.6 is 15.9 Å².